The fourth-order valence-corrected chi connectivity index (χ4v) is 2.36. The van der Waals surface area contributed by atoms with Crippen LogP contribution in [0.15, 0.2) is 18.5 Å². The van der Waals surface area contributed by atoms with Crippen molar-refractivity contribution >= 4 is 0 Å². The topological polar surface area (TPSA) is 73.7 Å². The SMILES string of the molecule is CCc1nn(C)cc1C(Cc1ccn(C(C)C)n1)NN. The molecule has 1 atom stereocenters. The van der Waals surface area contributed by atoms with E-state index < -0.39 is 0 Å². The van der Waals surface area contributed by atoms with Crippen LogP contribution in [0.1, 0.15) is 49.8 Å². The van der Waals surface area contributed by atoms with Gasteiger partial charge in [0.1, 0.15) is 0 Å². The zero-order chi connectivity index (χ0) is 14.7. The third-order valence-corrected chi connectivity index (χ3v) is 3.45. The highest BCUT2D eigenvalue weighted by molar-refractivity contribution is 5.23. The minimum absolute atomic E-state index is 0.0363. The van der Waals surface area contributed by atoms with Gasteiger partial charge in [-0.2, -0.15) is 10.2 Å². The Hall–Kier alpha value is -1.66. The summed E-state index contributed by atoms with van der Waals surface area (Å²) in [5, 5.41) is 9.05. The second-order valence-corrected chi connectivity index (χ2v) is 5.36. The average molecular weight is 276 g/mol. The largest absolute Gasteiger partial charge is 0.275 e. The molecule has 0 fully saturated rings. The Labute approximate surface area is 119 Å². The second-order valence-electron chi connectivity index (χ2n) is 5.36. The summed E-state index contributed by atoms with van der Waals surface area (Å²) in [4.78, 5) is 0. The molecule has 0 aliphatic heterocycles. The molecule has 2 heterocycles. The lowest BCUT2D eigenvalue weighted by atomic mass is 10.0. The van der Waals surface area contributed by atoms with Crippen LogP contribution >= 0.6 is 0 Å². The predicted octanol–water partition coefficient (Wildman–Crippen LogP) is 1.51. The predicted molar refractivity (Wildman–Crippen MR) is 79.0 cm³/mol. The van der Waals surface area contributed by atoms with Gasteiger partial charge in [0.2, 0.25) is 0 Å². The Bertz CT molecular complexity index is 554. The van der Waals surface area contributed by atoms with Crippen LogP contribution in [0.2, 0.25) is 0 Å². The van der Waals surface area contributed by atoms with E-state index in [1.54, 1.807) is 0 Å². The summed E-state index contributed by atoms with van der Waals surface area (Å²) in [7, 11) is 1.93. The zero-order valence-electron chi connectivity index (χ0n) is 12.7. The molecule has 0 radical (unpaired) electrons. The molecule has 0 spiro atoms. The number of hydrazine groups is 1. The summed E-state index contributed by atoms with van der Waals surface area (Å²) in [6, 6.07) is 2.46. The van der Waals surface area contributed by atoms with Crippen LogP contribution in [-0.2, 0) is 19.9 Å². The van der Waals surface area contributed by atoms with E-state index in [1.165, 1.54) is 0 Å². The summed E-state index contributed by atoms with van der Waals surface area (Å²) in [6.45, 7) is 6.34. The zero-order valence-corrected chi connectivity index (χ0v) is 12.7. The molecule has 0 aliphatic rings. The monoisotopic (exact) mass is 276 g/mol. The van der Waals surface area contributed by atoms with Crippen molar-refractivity contribution in [2.45, 2.75) is 45.7 Å². The fourth-order valence-electron chi connectivity index (χ4n) is 2.36. The molecule has 1 unspecified atom stereocenters. The molecule has 110 valence electrons. The fraction of sp³-hybridized carbons (Fsp3) is 0.571. The van der Waals surface area contributed by atoms with Gasteiger partial charge in [0.25, 0.3) is 0 Å². The normalized spacial score (nSPS) is 13.1. The summed E-state index contributed by atoms with van der Waals surface area (Å²) in [6.07, 6.45) is 5.70. The summed E-state index contributed by atoms with van der Waals surface area (Å²) >= 11 is 0. The standard InChI is InChI=1S/C14H24N6/c1-5-13-12(9-19(4)18-13)14(16-15)8-11-6-7-20(17-11)10(2)3/h6-7,9-10,14,16H,5,8,15H2,1-4H3. The van der Waals surface area contributed by atoms with E-state index in [9.17, 15) is 0 Å². The molecule has 0 saturated heterocycles. The highest BCUT2D eigenvalue weighted by Gasteiger charge is 2.18. The van der Waals surface area contributed by atoms with Crippen LogP contribution in [0, 0.1) is 0 Å². The summed E-state index contributed by atoms with van der Waals surface area (Å²) in [5.74, 6) is 5.73. The van der Waals surface area contributed by atoms with E-state index in [1.807, 2.05) is 34.9 Å². The van der Waals surface area contributed by atoms with Crippen LogP contribution in [0.5, 0.6) is 0 Å². The first-order chi connectivity index (χ1) is 9.55. The van der Waals surface area contributed by atoms with Crippen LogP contribution < -0.4 is 11.3 Å². The van der Waals surface area contributed by atoms with Gasteiger partial charge in [0.15, 0.2) is 0 Å². The lowest BCUT2D eigenvalue weighted by molar-refractivity contribution is 0.505. The Balaban J connectivity index is 2.19. The molecule has 2 aromatic rings. The van der Waals surface area contributed by atoms with Crippen LogP contribution in [0.4, 0.5) is 0 Å². The van der Waals surface area contributed by atoms with Gasteiger partial charge in [-0.05, 0) is 26.3 Å². The van der Waals surface area contributed by atoms with Crippen molar-refractivity contribution in [2.75, 3.05) is 0 Å². The molecular weight excluding hydrogens is 252 g/mol. The molecule has 0 bridgehead atoms. The Morgan fingerprint density at radius 1 is 1.35 bits per heavy atom. The second kappa shape index (κ2) is 6.19. The molecule has 6 heteroatoms. The number of aryl methyl sites for hydroxylation is 2. The van der Waals surface area contributed by atoms with Gasteiger partial charge in [-0.3, -0.25) is 20.6 Å². The third-order valence-electron chi connectivity index (χ3n) is 3.45. The maximum atomic E-state index is 5.73. The van der Waals surface area contributed by atoms with E-state index in [0.29, 0.717) is 6.04 Å². The number of nitrogens with zero attached hydrogens (tertiary/aromatic N) is 4. The molecule has 2 aromatic heterocycles. The minimum Gasteiger partial charge on any atom is -0.275 e. The Morgan fingerprint density at radius 2 is 2.10 bits per heavy atom. The van der Waals surface area contributed by atoms with Gasteiger partial charge < -0.3 is 0 Å². The maximum absolute atomic E-state index is 5.73. The first kappa shape index (κ1) is 14.7. The molecule has 2 rings (SSSR count). The molecular formula is C14H24N6. The first-order valence-corrected chi connectivity index (χ1v) is 7.07. The number of hydrogen-bond donors (Lipinski definition) is 2. The number of rotatable bonds is 6. The number of aromatic nitrogens is 4. The van der Waals surface area contributed by atoms with Crippen molar-refractivity contribution in [1.82, 2.24) is 25.0 Å². The molecule has 20 heavy (non-hydrogen) atoms. The lowest BCUT2D eigenvalue weighted by Gasteiger charge is -2.14. The first-order valence-electron chi connectivity index (χ1n) is 7.07. The van der Waals surface area contributed by atoms with Crippen LogP contribution in [-0.4, -0.2) is 19.6 Å². The summed E-state index contributed by atoms with van der Waals surface area (Å²) < 4.78 is 3.80. The molecule has 6 nitrogen and oxygen atoms in total. The maximum Gasteiger partial charge on any atom is 0.0670 e. The van der Waals surface area contributed by atoms with E-state index in [0.717, 1.165) is 29.8 Å². The van der Waals surface area contributed by atoms with Crippen molar-refractivity contribution in [2.24, 2.45) is 12.9 Å². The summed E-state index contributed by atoms with van der Waals surface area (Å²) in [5.41, 5.74) is 6.16. The van der Waals surface area contributed by atoms with E-state index in [4.69, 9.17) is 5.84 Å². The van der Waals surface area contributed by atoms with Crippen LogP contribution in [0.25, 0.3) is 0 Å². The van der Waals surface area contributed by atoms with E-state index in [-0.39, 0.29) is 6.04 Å². The van der Waals surface area contributed by atoms with E-state index >= 15 is 0 Å². The van der Waals surface area contributed by atoms with Crippen molar-refractivity contribution < 1.29 is 0 Å². The average Bonchev–Trinajstić information content (AvgIpc) is 3.02. The van der Waals surface area contributed by atoms with Crippen molar-refractivity contribution in [1.29, 1.82) is 0 Å². The van der Waals surface area contributed by atoms with Gasteiger partial charge in [-0.15, -0.1) is 0 Å². The lowest BCUT2D eigenvalue weighted by Crippen LogP contribution is -2.30. The molecule has 0 aromatic carbocycles. The smallest absolute Gasteiger partial charge is 0.0670 e. The Morgan fingerprint density at radius 3 is 2.65 bits per heavy atom. The van der Waals surface area contributed by atoms with Crippen molar-refractivity contribution in [3.05, 3.63) is 35.4 Å². The Kier molecular flexibility index (Phi) is 4.57. The molecule has 0 saturated carbocycles. The van der Waals surface area contributed by atoms with Gasteiger partial charge >= 0.3 is 0 Å². The molecule has 3 N–H and O–H groups in total. The quantitative estimate of drug-likeness (QED) is 0.619. The van der Waals surface area contributed by atoms with Gasteiger partial charge in [-0.25, -0.2) is 0 Å². The van der Waals surface area contributed by atoms with Crippen molar-refractivity contribution in [3.8, 4) is 0 Å². The number of hydrogen-bond acceptors (Lipinski definition) is 4. The minimum atomic E-state index is 0.0363. The molecule has 0 amide bonds. The number of nitrogens with two attached hydrogens (primary N) is 1. The highest BCUT2D eigenvalue weighted by Crippen LogP contribution is 2.21. The van der Waals surface area contributed by atoms with Gasteiger partial charge in [0.05, 0.1) is 17.4 Å². The van der Waals surface area contributed by atoms with Crippen molar-refractivity contribution in [3.63, 3.8) is 0 Å². The van der Waals surface area contributed by atoms with Crippen LogP contribution in [0.3, 0.4) is 0 Å². The molecule has 0 aliphatic carbocycles. The van der Waals surface area contributed by atoms with E-state index in [2.05, 4.69) is 36.4 Å². The van der Waals surface area contributed by atoms with Gasteiger partial charge in [-0.1, -0.05) is 6.92 Å². The number of nitrogens with one attached hydrogen (secondary N) is 1. The van der Waals surface area contributed by atoms with Gasteiger partial charge in [0, 0.05) is 37.5 Å². The third kappa shape index (κ3) is 3.08. The highest BCUT2D eigenvalue weighted by atomic mass is 15.3.